The van der Waals surface area contributed by atoms with Crippen molar-refractivity contribution in [3.63, 3.8) is 0 Å². The lowest BCUT2D eigenvalue weighted by molar-refractivity contribution is 0.173. The zero-order chi connectivity index (χ0) is 13.1. The molecule has 1 aliphatic carbocycles. The van der Waals surface area contributed by atoms with Crippen LogP contribution in [0.1, 0.15) is 31.7 Å². The summed E-state index contributed by atoms with van der Waals surface area (Å²) in [6.45, 7) is 3.47. The van der Waals surface area contributed by atoms with Crippen LogP contribution in [0.25, 0.3) is 0 Å². The Kier molecular flexibility index (Phi) is 4.18. The third-order valence-electron chi connectivity index (χ3n) is 3.87. The summed E-state index contributed by atoms with van der Waals surface area (Å²) in [4.78, 5) is 0. The second-order valence-electron chi connectivity index (χ2n) is 5.06. The van der Waals surface area contributed by atoms with Gasteiger partial charge in [-0.25, -0.2) is 0 Å². The minimum atomic E-state index is 0.351. The Balaban J connectivity index is 1.62. The summed E-state index contributed by atoms with van der Waals surface area (Å²) in [5.41, 5.74) is 1.21. The molecule has 0 spiro atoms. The Morgan fingerprint density at radius 2 is 2.26 bits per heavy atom. The van der Waals surface area contributed by atoms with E-state index >= 15 is 0 Å². The molecule has 1 aromatic rings. The fourth-order valence-electron chi connectivity index (χ4n) is 2.94. The molecule has 0 radical (unpaired) electrons. The van der Waals surface area contributed by atoms with E-state index in [1.165, 1.54) is 30.6 Å². The van der Waals surface area contributed by atoms with E-state index in [4.69, 9.17) is 9.47 Å². The third kappa shape index (κ3) is 2.84. The number of ether oxygens (including phenoxy) is 2. The van der Waals surface area contributed by atoms with Crippen molar-refractivity contribution >= 4 is 11.8 Å². The van der Waals surface area contributed by atoms with E-state index in [1.54, 1.807) is 0 Å². The van der Waals surface area contributed by atoms with Crippen molar-refractivity contribution in [2.45, 2.75) is 44.0 Å². The van der Waals surface area contributed by atoms with Crippen LogP contribution in [-0.4, -0.2) is 23.8 Å². The first-order chi connectivity index (χ1) is 9.38. The van der Waals surface area contributed by atoms with Gasteiger partial charge in [0, 0.05) is 23.4 Å². The Morgan fingerprint density at radius 3 is 3.16 bits per heavy atom. The van der Waals surface area contributed by atoms with Gasteiger partial charge in [-0.1, -0.05) is 25.5 Å². The highest BCUT2D eigenvalue weighted by Gasteiger charge is 2.27. The number of rotatable bonds is 5. The molecule has 2 unspecified atom stereocenters. The smallest absolute Gasteiger partial charge is 0.231 e. The van der Waals surface area contributed by atoms with Gasteiger partial charge in [0.05, 0.1) is 0 Å². The van der Waals surface area contributed by atoms with Crippen LogP contribution in [0, 0.1) is 0 Å². The molecule has 1 N–H and O–H groups in total. The highest BCUT2D eigenvalue weighted by atomic mass is 32.2. The molecule has 2 aliphatic rings. The van der Waals surface area contributed by atoms with E-state index in [1.807, 2.05) is 12.1 Å². The van der Waals surface area contributed by atoms with Gasteiger partial charge >= 0.3 is 0 Å². The highest BCUT2D eigenvalue weighted by Crippen LogP contribution is 2.36. The normalized spacial score (nSPS) is 24.9. The molecular formula is C15H21NO2S. The molecule has 19 heavy (non-hydrogen) atoms. The van der Waals surface area contributed by atoms with Gasteiger partial charge in [0.15, 0.2) is 11.5 Å². The molecule has 1 aromatic carbocycles. The second-order valence-corrected chi connectivity index (χ2v) is 6.58. The minimum Gasteiger partial charge on any atom is -0.454 e. The van der Waals surface area contributed by atoms with Crippen molar-refractivity contribution in [1.82, 2.24) is 5.32 Å². The van der Waals surface area contributed by atoms with Crippen molar-refractivity contribution in [1.29, 1.82) is 0 Å². The lowest BCUT2D eigenvalue weighted by Gasteiger charge is -2.20. The zero-order valence-corrected chi connectivity index (χ0v) is 12.2. The largest absolute Gasteiger partial charge is 0.454 e. The Bertz CT molecular complexity index is 438. The minimum absolute atomic E-state index is 0.351. The van der Waals surface area contributed by atoms with Crippen molar-refractivity contribution in [2.75, 3.05) is 12.5 Å². The maximum atomic E-state index is 5.55. The number of benzene rings is 1. The Labute approximate surface area is 119 Å². The maximum Gasteiger partial charge on any atom is 0.231 e. The van der Waals surface area contributed by atoms with Crippen LogP contribution in [-0.2, 0) is 6.54 Å². The van der Waals surface area contributed by atoms with Crippen LogP contribution in [0.3, 0.4) is 0 Å². The first-order valence-electron chi connectivity index (χ1n) is 7.11. The number of para-hydroxylation sites is 1. The molecule has 0 bridgehead atoms. The molecule has 3 nitrogen and oxygen atoms in total. The Morgan fingerprint density at radius 1 is 1.32 bits per heavy atom. The second kappa shape index (κ2) is 6.06. The van der Waals surface area contributed by atoms with Crippen LogP contribution in [0.5, 0.6) is 11.5 Å². The average Bonchev–Trinajstić information content (AvgIpc) is 3.05. The van der Waals surface area contributed by atoms with Crippen molar-refractivity contribution in [2.24, 2.45) is 0 Å². The molecule has 0 amide bonds. The van der Waals surface area contributed by atoms with E-state index in [2.05, 4.69) is 30.1 Å². The van der Waals surface area contributed by atoms with Gasteiger partial charge in [0.2, 0.25) is 6.79 Å². The van der Waals surface area contributed by atoms with Crippen LogP contribution in [0.15, 0.2) is 18.2 Å². The first kappa shape index (κ1) is 13.1. The van der Waals surface area contributed by atoms with Gasteiger partial charge in [0.1, 0.15) is 0 Å². The molecule has 1 aliphatic heterocycles. The predicted molar refractivity (Wildman–Crippen MR) is 79.0 cm³/mol. The number of nitrogens with one attached hydrogen (secondary N) is 1. The predicted octanol–water partition coefficient (Wildman–Crippen LogP) is 3.18. The van der Waals surface area contributed by atoms with Gasteiger partial charge in [0.25, 0.3) is 0 Å². The van der Waals surface area contributed by atoms with Gasteiger partial charge in [-0.05, 0) is 24.7 Å². The zero-order valence-electron chi connectivity index (χ0n) is 11.4. The summed E-state index contributed by atoms with van der Waals surface area (Å²) >= 11 is 2.09. The van der Waals surface area contributed by atoms with E-state index < -0.39 is 0 Å². The molecule has 0 aromatic heterocycles. The summed E-state index contributed by atoms with van der Waals surface area (Å²) in [5.74, 6) is 3.01. The van der Waals surface area contributed by atoms with Crippen molar-refractivity contribution in [3.05, 3.63) is 23.8 Å². The van der Waals surface area contributed by atoms with E-state index in [-0.39, 0.29) is 0 Å². The fraction of sp³-hybridized carbons (Fsp3) is 0.600. The SMILES string of the molecule is CCSC1CCCC1NCc1cccc2c1OCO2. The topological polar surface area (TPSA) is 30.5 Å². The number of hydrogen-bond acceptors (Lipinski definition) is 4. The van der Waals surface area contributed by atoms with Crippen molar-refractivity contribution in [3.8, 4) is 11.5 Å². The molecule has 1 fully saturated rings. The van der Waals surface area contributed by atoms with Gasteiger partial charge in [-0.15, -0.1) is 0 Å². The lowest BCUT2D eigenvalue weighted by atomic mass is 10.1. The summed E-state index contributed by atoms with van der Waals surface area (Å²) in [6.07, 6.45) is 3.99. The first-order valence-corrected chi connectivity index (χ1v) is 8.16. The van der Waals surface area contributed by atoms with Crippen LogP contribution in [0.2, 0.25) is 0 Å². The van der Waals surface area contributed by atoms with Gasteiger partial charge < -0.3 is 14.8 Å². The number of hydrogen-bond donors (Lipinski definition) is 1. The quantitative estimate of drug-likeness (QED) is 0.897. The van der Waals surface area contributed by atoms with Gasteiger partial charge in [-0.3, -0.25) is 0 Å². The number of thioether (sulfide) groups is 1. The number of fused-ring (bicyclic) bond motifs is 1. The van der Waals surface area contributed by atoms with Crippen LogP contribution in [0.4, 0.5) is 0 Å². The molecule has 4 heteroatoms. The highest BCUT2D eigenvalue weighted by molar-refractivity contribution is 7.99. The average molecular weight is 279 g/mol. The molecular weight excluding hydrogens is 258 g/mol. The lowest BCUT2D eigenvalue weighted by Crippen LogP contribution is -2.33. The molecule has 1 saturated carbocycles. The molecule has 104 valence electrons. The summed E-state index contributed by atoms with van der Waals surface area (Å²) < 4.78 is 11.0. The van der Waals surface area contributed by atoms with Crippen molar-refractivity contribution < 1.29 is 9.47 Å². The fourth-order valence-corrected chi connectivity index (χ4v) is 4.17. The monoisotopic (exact) mass is 279 g/mol. The summed E-state index contributed by atoms with van der Waals surface area (Å²) in [7, 11) is 0. The van der Waals surface area contributed by atoms with Gasteiger partial charge in [-0.2, -0.15) is 11.8 Å². The van der Waals surface area contributed by atoms with Crippen LogP contribution < -0.4 is 14.8 Å². The maximum absolute atomic E-state index is 5.55. The van der Waals surface area contributed by atoms with E-state index in [9.17, 15) is 0 Å². The molecule has 3 rings (SSSR count). The summed E-state index contributed by atoms with van der Waals surface area (Å²) in [6, 6.07) is 6.77. The van der Waals surface area contributed by atoms with Crippen LogP contribution >= 0.6 is 11.8 Å². The molecule has 1 heterocycles. The third-order valence-corrected chi connectivity index (χ3v) is 5.19. The molecule has 0 saturated heterocycles. The Hall–Kier alpha value is -0.870. The van der Waals surface area contributed by atoms with E-state index in [0.29, 0.717) is 12.8 Å². The standard InChI is InChI=1S/C15H21NO2S/c1-2-19-14-8-4-6-12(14)16-9-11-5-3-7-13-15(11)18-10-17-13/h3,5,7,12,14,16H,2,4,6,8-10H2,1H3. The van der Waals surface area contributed by atoms with E-state index in [0.717, 1.165) is 23.3 Å². The summed E-state index contributed by atoms with van der Waals surface area (Å²) in [5, 5.41) is 4.48. The molecule has 2 atom stereocenters.